The third-order valence-corrected chi connectivity index (χ3v) is 1.59. The van der Waals surface area contributed by atoms with E-state index in [4.69, 9.17) is 10.8 Å². The first-order valence-corrected chi connectivity index (χ1v) is 2.79. The van der Waals surface area contributed by atoms with Gasteiger partial charge in [0.05, 0.1) is 0 Å². The van der Waals surface area contributed by atoms with Crippen molar-refractivity contribution in [1.29, 1.82) is 0 Å². The molecule has 1 aliphatic carbocycles. The highest BCUT2D eigenvalue weighted by Crippen LogP contribution is 2.20. The van der Waals surface area contributed by atoms with E-state index in [2.05, 4.69) is 0 Å². The molecular formula is C5H11ClFNO. The summed E-state index contributed by atoms with van der Waals surface area (Å²) in [4.78, 5) is 0. The Balaban J connectivity index is 0.000000640. The number of nitrogens with two attached hydrogens (primary N) is 1. The number of hydrogen-bond donors (Lipinski definition) is 2. The van der Waals surface area contributed by atoms with Crippen molar-refractivity contribution < 1.29 is 9.50 Å². The molecule has 0 heterocycles. The van der Waals surface area contributed by atoms with Crippen LogP contribution in [0, 0.1) is 0 Å². The lowest BCUT2D eigenvalue weighted by molar-refractivity contribution is 0.0917. The summed E-state index contributed by atoms with van der Waals surface area (Å²) in [5.41, 5.74) is 5.28. The van der Waals surface area contributed by atoms with E-state index in [1.165, 1.54) is 0 Å². The molecule has 3 atom stereocenters. The van der Waals surface area contributed by atoms with Crippen LogP contribution in [0.2, 0.25) is 0 Å². The Labute approximate surface area is 59.6 Å². The molecule has 9 heavy (non-hydrogen) atoms. The first-order valence-electron chi connectivity index (χ1n) is 2.79. The highest BCUT2D eigenvalue weighted by Gasteiger charge is 2.31. The molecule has 1 saturated carbocycles. The van der Waals surface area contributed by atoms with E-state index >= 15 is 0 Å². The van der Waals surface area contributed by atoms with E-state index < -0.39 is 12.3 Å². The summed E-state index contributed by atoms with van der Waals surface area (Å²) in [5, 5.41) is 8.77. The van der Waals surface area contributed by atoms with Gasteiger partial charge in [0.1, 0.15) is 12.3 Å². The number of alkyl halides is 1. The van der Waals surface area contributed by atoms with Crippen LogP contribution in [0.3, 0.4) is 0 Å². The van der Waals surface area contributed by atoms with E-state index in [1.807, 2.05) is 0 Å². The minimum absolute atomic E-state index is 0. The summed E-state index contributed by atoms with van der Waals surface area (Å²) in [7, 11) is 0. The number of halogens is 2. The molecule has 4 heteroatoms. The maximum Gasteiger partial charge on any atom is 0.127 e. The van der Waals surface area contributed by atoms with Crippen molar-refractivity contribution in [3.63, 3.8) is 0 Å². The quantitative estimate of drug-likeness (QED) is 0.526. The summed E-state index contributed by atoms with van der Waals surface area (Å²) >= 11 is 0. The van der Waals surface area contributed by atoms with Crippen molar-refractivity contribution in [2.24, 2.45) is 5.73 Å². The number of hydrogen-bond acceptors (Lipinski definition) is 2. The van der Waals surface area contributed by atoms with Crippen LogP contribution in [0.4, 0.5) is 4.39 Å². The van der Waals surface area contributed by atoms with Gasteiger partial charge in [-0.05, 0) is 12.8 Å². The molecule has 0 amide bonds. The van der Waals surface area contributed by atoms with Gasteiger partial charge in [-0.1, -0.05) is 0 Å². The molecule has 0 aromatic rings. The zero-order valence-corrected chi connectivity index (χ0v) is 5.77. The average Bonchev–Trinajstić information content (AvgIpc) is 1.98. The Kier molecular flexibility index (Phi) is 3.40. The van der Waals surface area contributed by atoms with E-state index in [9.17, 15) is 4.39 Å². The van der Waals surface area contributed by atoms with Crippen molar-refractivity contribution in [2.45, 2.75) is 31.2 Å². The smallest absolute Gasteiger partial charge is 0.127 e. The summed E-state index contributed by atoms with van der Waals surface area (Å²) in [6, 6.07) is -0.329. The molecule has 3 N–H and O–H groups in total. The van der Waals surface area contributed by atoms with Gasteiger partial charge in [0.15, 0.2) is 0 Å². The molecule has 0 aromatic carbocycles. The molecule has 2 nitrogen and oxygen atoms in total. The van der Waals surface area contributed by atoms with Crippen LogP contribution in [-0.4, -0.2) is 23.4 Å². The molecule has 0 radical (unpaired) electrons. The van der Waals surface area contributed by atoms with E-state index in [-0.39, 0.29) is 18.4 Å². The Morgan fingerprint density at radius 2 is 2.00 bits per heavy atom. The molecule has 0 bridgehead atoms. The third kappa shape index (κ3) is 1.78. The van der Waals surface area contributed by atoms with Crippen LogP contribution in [-0.2, 0) is 0 Å². The van der Waals surface area contributed by atoms with Crippen molar-refractivity contribution in [3.8, 4) is 0 Å². The first kappa shape index (κ1) is 9.14. The first-order chi connectivity index (χ1) is 3.72. The fourth-order valence-corrected chi connectivity index (χ4v) is 0.961. The molecule has 1 rings (SSSR count). The van der Waals surface area contributed by atoms with Crippen molar-refractivity contribution in [3.05, 3.63) is 0 Å². The topological polar surface area (TPSA) is 46.2 Å². The van der Waals surface area contributed by atoms with Crippen LogP contribution in [0.15, 0.2) is 0 Å². The largest absolute Gasteiger partial charge is 0.388 e. The summed E-state index contributed by atoms with van der Waals surface area (Å²) in [6.07, 6.45) is -0.954. The average molecular weight is 156 g/mol. The summed E-state index contributed by atoms with van der Waals surface area (Å²) < 4.78 is 12.2. The maximum absolute atomic E-state index is 12.2. The lowest BCUT2D eigenvalue weighted by Gasteiger charge is -2.07. The number of aliphatic hydroxyl groups is 1. The fraction of sp³-hybridized carbons (Fsp3) is 1.00. The van der Waals surface area contributed by atoms with E-state index in [0.29, 0.717) is 12.8 Å². The Hall–Kier alpha value is 0.140. The highest BCUT2D eigenvalue weighted by atomic mass is 35.5. The van der Waals surface area contributed by atoms with Gasteiger partial charge < -0.3 is 10.8 Å². The maximum atomic E-state index is 12.2. The Morgan fingerprint density at radius 3 is 2.11 bits per heavy atom. The molecule has 0 saturated heterocycles. The van der Waals surface area contributed by atoms with Gasteiger partial charge in [0.2, 0.25) is 0 Å². The molecule has 0 aromatic heterocycles. The van der Waals surface area contributed by atoms with Gasteiger partial charge in [-0.25, -0.2) is 4.39 Å². The number of aliphatic hydroxyl groups excluding tert-OH is 1. The zero-order valence-electron chi connectivity index (χ0n) is 4.96. The minimum atomic E-state index is -1.08. The molecule has 0 unspecified atom stereocenters. The third-order valence-electron chi connectivity index (χ3n) is 1.59. The van der Waals surface area contributed by atoms with Crippen LogP contribution in [0.5, 0.6) is 0 Å². The predicted molar refractivity (Wildman–Crippen MR) is 35.4 cm³/mol. The van der Waals surface area contributed by atoms with Gasteiger partial charge >= 0.3 is 0 Å². The second-order valence-electron chi connectivity index (χ2n) is 2.25. The van der Waals surface area contributed by atoms with Crippen LogP contribution >= 0.6 is 12.4 Å². The van der Waals surface area contributed by atoms with Gasteiger partial charge in [-0.3, -0.25) is 0 Å². The Bertz CT molecular complexity index is 83.0. The van der Waals surface area contributed by atoms with Crippen molar-refractivity contribution in [1.82, 2.24) is 0 Å². The zero-order chi connectivity index (χ0) is 6.15. The van der Waals surface area contributed by atoms with Gasteiger partial charge in [-0.15, -0.1) is 12.4 Å². The summed E-state index contributed by atoms with van der Waals surface area (Å²) in [6.45, 7) is 0. The second kappa shape index (κ2) is 3.34. The molecule has 0 aliphatic heterocycles. The monoisotopic (exact) mass is 155 g/mol. The minimum Gasteiger partial charge on any atom is -0.388 e. The molecule has 0 spiro atoms. The molecule has 1 aliphatic rings. The Morgan fingerprint density at radius 1 is 1.44 bits per heavy atom. The van der Waals surface area contributed by atoms with E-state index in [1.54, 1.807) is 0 Å². The highest BCUT2D eigenvalue weighted by molar-refractivity contribution is 5.85. The summed E-state index contributed by atoms with van der Waals surface area (Å²) in [5.74, 6) is 0. The molecule has 1 fully saturated rings. The lowest BCUT2D eigenvalue weighted by atomic mass is 10.2. The molecular weight excluding hydrogens is 145 g/mol. The fourth-order valence-electron chi connectivity index (χ4n) is 0.961. The lowest BCUT2D eigenvalue weighted by Crippen LogP contribution is -2.33. The van der Waals surface area contributed by atoms with Crippen LogP contribution in [0.1, 0.15) is 12.8 Å². The van der Waals surface area contributed by atoms with E-state index in [0.717, 1.165) is 0 Å². The van der Waals surface area contributed by atoms with Gasteiger partial charge in [0.25, 0.3) is 0 Å². The van der Waals surface area contributed by atoms with Gasteiger partial charge in [0, 0.05) is 6.04 Å². The van der Waals surface area contributed by atoms with Crippen molar-refractivity contribution in [2.75, 3.05) is 0 Å². The normalized spacial score (nSPS) is 42.3. The predicted octanol–water partition coefficient (Wildman–Crippen LogP) is 0.228. The van der Waals surface area contributed by atoms with Crippen LogP contribution < -0.4 is 5.73 Å². The number of rotatable bonds is 0. The van der Waals surface area contributed by atoms with Crippen LogP contribution in [0.25, 0.3) is 0 Å². The SMILES string of the molecule is Cl.N[C@@H]1CC[C@@H](F)[C@H]1O. The van der Waals surface area contributed by atoms with Crippen molar-refractivity contribution >= 4 is 12.4 Å². The second-order valence-corrected chi connectivity index (χ2v) is 2.25. The standard InChI is InChI=1S/C5H10FNO.ClH/c6-3-1-2-4(7)5(3)8;/h3-5,8H,1-2,7H2;1H/t3-,4-,5-;/m1./s1. The van der Waals surface area contributed by atoms with Gasteiger partial charge in [-0.2, -0.15) is 0 Å². The molecule has 56 valence electrons.